The third kappa shape index (κ3) is 6.20. The van der Waals surface area contributed by atoms with Gasteiger partial charge >= 0.3 is 7.12 Å². The van der Waals surface area contributed by atoms with E-state index in [1.165, 1.54) is 60.9 Å². The van der Waals surface area contributed by atoms with Crippen LogP contribution in [-0.4, -0.2) is 52.4 Å². The van der Waals surface area contributed by atoms with Crippen molar-refractivity contribution in [1.29, 1.82) is 0 Å². The number of fused-ring (bicyclic) bond motifs is 1. The van der Waals surface area contributed by atoms with Crippen molar-refractivity contribution in [3.05, 3.63) is 82.7 Å². The van der Waals surface area contributed by atoms with E-state index in [0.29, 0.717) is 38.9 Å². The van der Waals surface area contributed by atoms with Crippen molar-refractivity contribution in [3.8, 4) is 11.3 Å². The van der Waals surface area contributed by atoms with Crippen LogP contribution in [0.5, 0.6) is 0 Å². The molecule has 0 saturated heterocycles. The summed E-state index contributed by atoms with van der Waals surface area (Å²) in [6.07, 6.45) is 1.84. The Hall–Kier alpha value is -3.75. The van der Waals surface area contributed by atoms with Gasteiger partial charge in [0.05, 0.1) is 24.4 Å². The summed E-state index contributed by atoms with van der Waals surface area (Å²) in [5, 5.41) is 22.8. The molecule has 0 atom stereocenters. The lowest BCUT2D eigenvalue weighted by molar-refractivity contribution is -0.0388. The predicted octanol–water partition coefficient (Wildman–Crippen LogP) is 2.81. The number of furan rings is 1. The Morgan fingerprint density at radius 1 is 1.12 bits per heavy atom. The van der Waals surface area contributed by atoms with Gasteiger partial charge in [0.25, 0.3) is 5.91 Å². The standard InChI is InChI=1S/C29H30BFN2O8S/c1-32-29(34)27-24-13-23(17-3-4-17)19(12-26(24)41-28(27)18-5-7-21(31)8-6-18)14-33(42(37)38)22-9-10-25(30(35)36)20(11-22)15-40-16-39-2/h5-13,17,35-36,42H,3-4,14-16H2,1-2H3,(H,32,34). The highest BCUT2D eigenvalue weighted by Crippen LogP contribution is 2.45. The second kappa shape index (κ2) is 12.6. The molecule has 0 unspecified atom stereocenters. The van der Waals surface area contributed by atoms with Crippen LogP contribution in [0.3, 0.4) is 0 Å². The monoisotopic (exact) mass is 596 g/mol. The van der Waals surface area contributed by atoms with E-state index in [1.54, 1.807) is 6.07 Å². The first-order valence-corrected chi connectivity index (χ1v) is 14.4. The fourth-order valence-electron chi connectivity index (χ4n) is 5.04. The third-order valence-electron chi connectivity index (χ3n) is 7.21. The number of hydrogen-bond acceptors (Lipinski definition) is 8. The maximum Gasteiger partial charge on any atom is 0.488 e. The second-order valence-electron chi connectivity index (χ2n) is 10.0. The van der Waals surface area contributed by atoms with Crippen molar-refractivity contribution < 1.29 is 41.5 Å². The Kier molecular flexibility index (Phi) is 8.95. The van der Waals surface area contributed by atoms with Crippen molar-refractivity contribution in [2.24, 2.45) is 0 Å². The quantitative estimate of drug-likeness (QED) is 0.0848. The first-order valence-electron chi connectivity index (χ1n) is 13.3. The summed E-state index contributed by atoms with van der Waals surface area (Å²) in [4.78, 5) is 13.0. The Morgan fingerprint density at radius 3 is 2.48 bits per heavy atom. The number of rotatable bonds is 12. The molecule has 1 amide bonds. The van der Waals surface area contributed by atoms with Gasteiger partial charge in [-0.25, -0.2) is 12.8 Å². The molecule has 220 valence electrons. The minimum atomic E-state index is -3.11. The van der Waals surface area contributed by atoms with Crippen LogP contribution in [0.25, 0.3) is 22.3 Å². The Labute approximate surface area is 243 Å². The molecule has 1 aromatic heterocycles. The number of hydrogen-bond donors (Lipinski definition) is 4. The van der Waals surface area contributed by atoms with Gasteiger partial charge in [0, 0.05) is 25.1 Å². The average Bonchev–Trinajstić information content (AvgIpc) is 3.75. The SMILES string of the molecule is CNC(=O)c1c(-c2ccc(F)cc2)oc2cc(CN(c3ccc(B(O)O)c(COCOC)c3)[SH](=O)=O)c(C3CC3)cc12. The minimum absolute atomic E-state index is 0.0260. The fraction of sp³-hybridized carbons (Fsp3) is 0.276. The summed E-state index contributed by atoms with van der Waals surface area (Å²) in [6.45, 7) is -0.0867. The maximum absolute atomic E-state index is 13.6. The summed E-state index contributed by atoms with van der Waals surface area (Å²) < 4.78 is 56.4. The van der Waals surface area contributed by atoms with E-state index in [2.05, 4.69) is 5.32 Å². The molecule has 3 aromatic carbocycles. The summed E-state index contributed by atoms with van der Waals surface area (Å²) in [6, 6.07) is 13.8. The van der Waals surface area contributed by atoms with Gasteiger partial charge in [0.2, 0.25) is 10.9 Å². The largest absolute Gasteiger partial charge is 0.488 e. The Bertz CT molecular complexity index is 1680. The van der Waals surface area contributed by atoms with Crippen LogP contribution in [-0.2, 0) is 33.5 Å². The number of benzene rings is 3. The van der Waals surface area contributed by atoms with Crippen LogP contribution >= 0.6 is 0 Å². The molecule has 1 fully saturated rings. The number of nitrogens with one attached hydrogen (secondary N) is 1. The summed E-state index contributed by atoms with van der Waals surface area (Å²) in [7, 11) is -1.92. The topological polar surface area (TPSA) is 139 Å². The van der Waals surface area contributed by atoms with Gasteiger partial charge in [-0.1, -0.05) is 6.07 Å². The van der Waals surface area contributed by atoms with Gasteiger partial charge in [-0.2, -0.15) is 0 Å². The predicted molar refractivity (Wildman–Crippen MR) is 156 cm³/mol. The van der Waals surface area contributed by atoms with Crippen molar-refractivity contribution in [2.75, 3.05) is 25.3 Å². The molecule has 0 spiro atoms. The zero-order valence-corrected chi connectivity index (χ0v) is 23.9. The summed E-state index contributed by atoms with van der Waals surface area (Å²) >= 11 is 0. The van der Waals surface area contributed by atoms with Gasteiger partial charge in [-0.3, -0.25) is 9.10 Å². The van der Waals surface area contributed by atoms with E-state index in [4.69, 9.17) is 13.9 Å². The molecule has 1 aliphatic rings. The fourth-order valence-corrected chi connectivity index (χ4v) is 5.62. The Balaban J connectivity index is 1.59. The van der Waals surface area contributed by atoms with Crippen LogP contribution < -0.4 is 15.1 Å². The second-order valence-corrected chi connectivity index (χ2v) is 11.0. The first-order chi connectivity index (χ1) is 20.2. The van der Waals surface area contributed by atoms with Crippen LogP contribution in [0.15, 0.2) is 59.0 Å². The van der Waals surface area contributed by atoms with Gasteiger partial charge in [-0.05, 0) is 89.4 Å². The zero-order valence-electron chi connectivity index (χ0n) is 23.0. The molecule has 4 aromatic rings. The number of anilines is 1. The van der Waals surface area contributed by atoms with E-state index >= 15 is 0 Å². The number of carbonyl (C=O) groups is 1. The van der Waals surface area contributed by atoms with Gasteiger partial charge in [0.1, 0.15) is 24.0 Å². The molecule has 0 aliphatic heterocycles. The number of methoxy groups -OCH3 is 1. The maximum atomic E-state index is 13.6. The lowest BCUT2D eigenvalue weighted by atomic mass is 9.77. The number of carbonyl (C=O) groups excluding carboxylic acids is 1. The highest BCUT2D eigenvalue weighted by Gasteiger charge is 2.30. The number of nitrogens with zero attached hydrogens (tertiary/aromatic N) is 1. The van der Waals surface area contributed by atoms with Crippen molar-refractivity contribution >= 4 is 46.0 Å². The highest BCUT2D eigenvalue weighted by molar-refractivity contribution is 7.74. The van der Waals surface area contributed by atoms with Crippen LogP contribution in [0.2, 0.25) is 0 Å². The molecule has 5 rings (SSSR count). The molecular formula is C29H30BFN2O8S. The van der Waals surface area contributed by atoms with Gasteiger partial charge in [-0.15, -0.1) is 0 Å². The first kappa shape index (κ1) is 29.7. The van der Waals surface area contributed by atoms with Crippen molar-refractivity contribution in [2.45, 2.75) is 31.9 Å². The van der Waals surface area contributed by atoms with Crippen LogP contribution in [0.1, 0.15) is 45.8 Å². The van der Waals surface area contributed by atoms with Gasteiger partial charge < -0.3 is 29.3 Å². The molecule has 1 saturated carbocycles. The van der Waals surface area contributed by atoms with E-state index in [9.17, 15) is 27.7 Å². The molecule has 10 nitrogen and oxygen atoms in total. The summed E-state index contributed by atoms with van der Waals surface area (Å²) in [5.41, 5.74) is 3.73. The van der Waals surface area contributed by atoms with E-state index < -0.39 is 23.8 Å². The zero-order chi connectivity index (χ0) is 30.0. The minimum Gasteiger partial charge on any atom is -0.455 e. The molecular weight excluding hydrogens is 566 g/mol. The average molecular weight is 596 g/mol. The van der Waals surface area contributed by atoms with Crippen LogP contribution in [0.4, 0.5) is 10.1 Å². The number of thiol groups is 1. The molecule has 0 radical (unpaired) electrons. The smallest absolute Gasteiger partial charge is 0.455 e. The number of halogens is 1. The number of amides is 1. The molecule has 0 bridgehead atoms. The molecule has 1 aliphatic carbocycles. The van der Waals surface area contributed by atoms with Crippen LogP contribution in [0, 0.1) is 5.82 Å². The third-order valence-corrected chi connectivity index (χ3v) is 7.97. The van der Waals surface area contributed by atoms with E-state index in [1.807, 2.05) is 6.07 Å². The molecule has 3 N–H and O–H groups in total. The normalized spacial score (nSPS) is 13.1. The molecule has 42 heavy (non-hydrogen) atoms. The molecule has 13 heteroatoms. The Morgan fingerprint density at radius 2 is 1.86 bits per heavy atom. The van der Waals surface area contributed by atoms with Crippen molar-refractivity contribution in [1.82, 2.24) is 5.32 Å². The lowest BCUT2D eigenvalue weighted by Gasteiger charge is -2.22. The van der Waals surface area contributed by atoms with Gasteiger partial charge in [0.15, 0.2) is 0 Å². The molecule has 1 heterocycles. The number of ether oxygens (including phenoxy) is 2. The lowest BCUT2D eigenvalue weighted by Crippen LogP contribution is -2.34. The van der Waals surface area contributed by atoms with Crippen molar-refractivity contribution in [3.63, 3.8) is 0 Å². The summed E-state index contributed by atoms with van der Waals surface area (Å²) in [5.74, 6) is -0.297. The van der Waals surface area contributed by atoms with E-state index in [0.717, 1.165) is 18.4 Å². The highest BCUT2D eigenvalue weighted by atomic mass is 32.2. The van der Waals surface area contributed by atoms with E-state index in [-0.39, 0.29) is 43.0 Å².